The Bertz CT molecular complexity index is 843. The average molecular weight is 394 g/mol. The zero-order valence-corrected chi connectivity index (χ0v) is 15.6. The van der Waals surface area contributed by atoms with Crippen molar-refractivity contribution in [1.82, 2.24) is 20.5 Å². The number of carbonyl (C=O) groups is 2. The average Bonchev–Trinajstić information content (AvgIpc) is 3.05. The maximum atomic E-state index is 13.4. The van der Waals surface area contributed by atoms with Crippen molar-refractivity contribution in [3.8, 4) is 0 Å². The molecular weight excluding hydrogens is 374 g/mol. The van der Waals surface area contributed by atoms with Crippen LogP contribution in [-0.2, 0) is 22.7 Å². The number of benzene rings is 1. The van der Waals surface area contributed by atoms with Gasteiger partial charge in [-0.2, -0.15) is 0 Å². The molecule has 2 N–H and O–H groups in total. The molecule has 1 aromatic carbocycles. The summed E-state index contributed by atoms with van der Waals surface area (Å²) in [6.45, 7) is 3.42. The molecule has 1 fully saturated rings. The van der Waals surface area contributed by atoms with E-state index in [1.807, 2.05) is 12.3 Å². The van der Waals surface area contributed by atoms with E-state index in [1.54, 1.807) is 4.90 Å². The molecule has 0 spiro atoms. The van der Waals surface area contributed by atoms with Crippen molar-refractivity contribution in [2.75, 3.05) is 13.1 Å². The lowest BCUT2D eigenvalue weighted by molar-refractivity contribution is -0.134. The van der Waals surface area contributed by atoms with Crippen LogP contribution in [-0.4, -0.2) is 40.8 Å². The van der Waals surface area contributed by atoms with Crippen LogP contribution in [0.5, 0.6) is 0 Å². The van der Waals surface area contributed by atoms with Crippen molar-refractivity contribution in [3.63, 3.8) is 0 Å². The number of carbonyl (C=O) groups excluding carboxylic acids is 2. The molecule has 0 radical (unpaired) electrons. The van der Waals surface area contributed by atoms with Gasteiger partial charge < -0.3 is 10.6 Å². The number of hydrogen-bond donors (Lipinski definition) is 2. The fourth-order valence-corrected chi connectivity index (χ4v) is 3.58. The topological polar surface area (TPSA) is 74.3 Å². The van der Waals surface area contributed by atoms with Crippen LogP contribution in [0, 0.1) is 18.6 Å². The van der Waals surface area contributed by atoms with Crippen LogP contribution in [0.2, 0.25) is 0 Å². The fraction of sp³-hybridized carbons (Fsp3) is 0.389. The van der Waals surface area contributed by atoms with Gasteiger partial charge in [0.2, 0.25) is 11.8 Å². The molecule has 144 valence electrons. The molecule has 1 unspecified atom stereocenters. The molecule has 2 heterocycles. The number of rotatable bonds is 6. The number of nitrogens with zero attached hydrogens (tertiary/aromatic N) is 2. The molecule has 3 rings (SSSR count). The number of hydrogen-bond acceptors (Lipinski definition) is 5. The highest BCUT2D eigenvalue weighted by Gasteiger charge is 2.31. The van der Waals surface area contributed by atoms with E-state index in [0.717, 1.165) is 22.8 Å². The number of halogens is 2. The molecule has 1 aliphatic rings. The van der Waals surface area contributed by atoms with Gasteiger partial charge in [-0.05, 0) is 24.6 Å². The molecule has 9 heteroatoms. The Morgan fingerprint density at radius 1 is 1.41 bits per heavy atom. The first-order chi connectivity index (χ1) is 12.9. The molecular formula is C18H20F2N4O2S. The van der Waals surface area contributed by atoms with Gasteiger partial charge in [-0.3, -0.25) is 14.5 Å². The number of thiazole rings is 1. The molecule has 1 saturated heterocycles. The third-order valence-electron chi connectivity index (χ3n) is 4.32. The third-order valence-corrected chi connectivity index (χ3v) is 5.15. The Labute approximate surface area is 159 Å². The molecule has 1 aromatic heterocycles. The largest absolute Gasteiger partial charge is 0.353 e. The van der Waals surface area contributed by atoms with Crippen LogP contribution in [0.3, 0.4) is 0 Å². The molecule has 2 amide bonds. The summed E-state index contributed by atoms with van der Waals surface area (Å²) in [6.07, 6.45) is -0.0152. The fourth-order valence-electron chi connectivity index (χ4n) is 2.97. The minimum Gasteiger partial charge on any atom is -0.353 e. The summed E-state index contributed by atoms with van der Waals surface area (Å²) < 4.78 is 26.5. The predicted octanol–water partition coefficient (Wildman–Crippen LogP) is 1.74. The summed E-state index contributed by atoms with van der Waals surface area (Å²) in [4.78, 5) is 30.6. The van der Waals surface area contributed by atoms with Gasteiger partial charge in [0.1, 0.15) is 0 Å². The number of aryl methyl sites for hydroxylation is 1. The van der Waals surface area contributed by atoms with Crippen LogP contribution in [0.4, 0.5) is 8.78 Å². The molecule has 0 saturated carbocycles. The van der Waals surface area contributed by atoms with Gasteiger partial charge in [0.25, 0.3) is 0 Å². The SMILES string of the molecule is Cc1nc(CNC(=O)CC2C(=O)NCCN2Cc2ccc(F)c(F)c2)cs1. The van der Waals surface area contributed by atoms with E-state index in [1.165, 1.54) is 17.4 Å². The highest BCUT2D eigenvalue weighted by molar-refractivity contribution is 7.09. The molecule has 6 nitrogen and oxygen atoms in total. The standard InChI is InChI=1S/C18H20F2N4O2S/c1-11-23-13(10-27-11)8-22-17(25)7-16-18(26)21-4-5-24(16)9-12-2-3-14(19)15(20)6-12/h2-3,6,10,16H,4-5,7-9H2,1H3,(H,21,26)(H,22,25). The Balaban J connectivity index is 1.62. The van der Waals surface area contributed by atoms with Gasteiger partial charge in [-0.1, -0.05) is 6.07 Å². The van der Waals surface area contributed by atoms with Gasteiger partial charge in [-0.15, -0.1) is 11.3 Å². The molecule has 27 heavy (non-hydrogen) atoms. The second kappa shape index (κ2) is 8.53. The third kappa shape index (κ3) is 5.08. The molecule has 0 aliphatic carbocycles. The number of piperazine rings is 1. The zero-order chi connectivity index (χ0) is 19.4. The zero-order valence-electron chi connectivity index (χ0n) is 14.8. The Kier molecular flexibility index (Phi) is 6.12. The highest BCUT2D eigenvalue weighted by atomic mass is 32.1. The highest BCUT2D eigenvalue weighted by Crippen LogP contribution is 2.16. The molecule has 0 bridgehead atoms. The van der Waals surface area contributed by atoms with Crippen molar-refractivity contribution >= 4 is 23.2 Å². The lowest BCUT2D eigenvalue weighted by atomic mass is 10.1. The van der Waals surface area contributed by atoms with Gasteiger partial charge >= 0.3 is 0 Å². The van der Waals surface area contributed by atoms with Gasteiger partial charge in [0.15, 0.2) is 11.6 Å². The second-order valence-electron chi connectivity index (χ2n) is 6.36. The van der Waals surface area contributed by atoms with Crippen LogP contribution in [0.25, 0.3) is 0 Å². The van der Waals surface area contributed by atoms with E-state index in [9.17, 15) is 18.4 Å². The Hall–Kier alpha value is -2.39. The monoisotopic (exact) mass is 394 g/mol. The molecule has 1 atom stereocenters. The van der Waals surface area contributed by atoms with E-state index < -0.39 is 17.7 Å². The smallest absolute Gasteiger partial charge is 0.237 e. The summed E-state index contributed by atoms with van der Waals surface area (Å²) in [5.41, 5.74) is 1.32. The second-order valence-corrected chi connectivity index (χ2v) is 7.43. The van der Waals surface area contributed by atoms with Crippen molar-refractivity contribution in [2.24, 2.45) is 0 Å². The molecule has 1 aliphatic heterocycles. The van der Waals surface area contributed by atoms with Crippen LogP contribution >= 0.6 is 11.3 Å². The number of nitrogens with one attached hydrogen (secondary N) is 2. The van der Waals surface area contributed by atoms with Gasteiger partial charge in [0, 0.05) is 25.0 Å². The van der Waals surface area contributed by atoms with E-state index in [0.29, 0.717) is 25.2 Å². The molecule has 2 aromatic rings. The lowest BCUT2D eigenvalue weighted by Gasteiger charge is -2.34. The van der Waals surface area contributed by atoms with Crippen molar-refractivity contribution in [2.45, 2.75) is 32.5 Å². The summed E-state index contributed by atoms with van der Waals surface area (Å²) in [5, 5.41) is 8.31. The Morgan fingerprint density at radius 2 is 2.22 bits per heavy atom. The minimum atomic E-state index is -0.929. The van der Waals surface area contributed by atoms with E-state index in [-0.39, 0.29) is 24.8 Å². The van der Waals surface area contributed by atoms with Crippen molar-refractivity contribution < 1.29 is 18.4 Å². The van der Waals surface area contributed by atoms with Gasteiger partial charge in [0.05, 0.1) is 29.7 Å². The summed E-state index contributed by atoms with van der Waals surface area (Å²) in [5.74, 6) is -2.35. The quantitative estimate of drug-likeness (QED) is 0.783. The van der Waals surface area contributed by atoms with Crippen LogP contribution in [0.15, 0.2) is 23.6 Å². The maximum Gasteiger partial charge on any atom is 0.237 e. The van der Waals surface area contributed by atoms with Crippen molar-refractivity contribution in [1.29, 1.82) is 0 Å². The maximum absolute atomic E-state index is 13.4. The summed E-state index contributed by atoms with van der Waals surface area (Å²) >= 11 is 1.50. The number of aromatic nitrogens is 1. The lowest BCUT2D eigenvalue weighted by Crippen LogP contribution is -2.56. The first-order valence-corrected chi connectivity index (χ1v) is 9.43. The summed E-state index contributed by atoms with van der Waals surface area (Å²) in [7, 11) is 0. The predicted molar refractivity (Wildman–Crippen MR) is 96.9 cm³/mol. The van der Waals surface area contributed by atoms with Gasteiger partial charge in [-0.25, -0.2) is 13.8 Å². The summed E-state index contributed by atoms with van der Waals surface area (Å²) in [6, 6.07) is 2.99. The minimum absolute atomic E-state index is 0.0152. The number of amides is 2. The van der Waals surface area contributed by atoms with Crippen molar-refractivity contribution in [3.05, 3.63) is 51.5 Å². The van der Waals surface area contributed by atoms with E-state index >= 15 is 0 Å². The normalized spacial score (nSPS) is 17.6. The van der Waals surface area contributed by atoms with E-state index in [2.05, 4.69) is 15.6 Å². The van der Waals surface area contributed by atoms with E-state index in [4.69, 9.17) is 0 Å². The Morgan fingerprint density at radius 3 is 2.93 bits per heavy atom. The first-order valence-electron chi connectivity index (χ1n) is 8.56. The van der Waals surface area contributed by atoms with Crippen LogP contribution in [0.1, 0.15) is 22.7 Å². The first kappa shape index (κ1) is 19.4. The van der Waals surface area contributed by atoms with Crippen LogP contribution < -0.4 is 10.6 Å².